The van der Waals surface area contributed by atoms with Crippen LogP contribution in [0, 0.1) is 0 Å². The number of rotatable bonds is 12. The molecule has 0 spiro atoms. The number of fused-ring (bicyclic) bond motifs is 2. The smallest absolute Gasteiger partial charge is 0.410 e. The van der Waals surface area contributed by atoms with E-state index in [0.717, 1.165) is 114 Å². The average molecular weight is 835 g/mol. The predicted octanol–water partition coefficient (Wildman–Crippen LogP) is 9.05. The van der Waals surface area contributed by atoms with Crippen molar-refractivity contribution in [2.24, 2.45) is 9.98 Å². The number of aromatic nitrogens is 2. The molecule has 13 heteroatoms. The lowest BCUT2D eigenvalue weighted by molar-refractivity contribution is 0.0139. The van der Waals surface area contributed by atoms with Gasteiger partial charge in [-0.2, -0.15) is 0 Å². The molecular weight excluding hydrogens is 777 g/mol. The predicted molar refractivity (Wildman–Crippen MR) is 251 cm³/mol. The summed E-state index contributed by atoms with van der Waals surface area (Å²) in [7, 11) is 0. The second-order valence-electron chi connectivity index (χ2n) is 16.7. The topological polar surface area (TPSA) is 162 Å². The number of ether oxygens (including phenoxy) is 1. The van der Waals surface area contributed by atoms with E-state index in [1.54, 1.807) is 11.1 Å². The number of carbonyl (C=O) groups is 2. The normalized spacial score (nSPS) is 14.4. The lowest BCUT2D eigenvalue weighted by atomic mass is 10.0. The second-order valence-corrected chi connectivity index (χ2v) is 16.7. The zero-order valence-corrected chi connectivity index (χ0v) is 36.5. The molecule has 5 aromatic rings. The standard InChI is InChI=1S/C33H40N6O3.C16H18N4/c1-5-14-34-29-21-25(13-15-35-29)28-20-26-7-6-8-27(30(26)36-28)37-31(40)24-11-9-23(10-12-24)22-38-16-18-39(19-17-38)32(41)42-33(2,3)4;1-2-7-18-15-10-11(6-8-19-15)14-9-12-4-3-5-13(17)16(12)20-14/h6-13,15,21H,5,14,16-20,22H2,1-4H3,(H,34,35)(H,37,40);3-6,8,10H,2,7,9,17H2,1H3,(H,18,19). The van der Waals surface area contributed by atoms with Gasteiger partial charge in [-0.3, -0.25) is 14.7 Å². The van der Waals surface area contributed by atoms with Gasteiger partial charge >= 0.3 is 6.09 Å². The Bertz CT molecular complexity index is 2430. The van der Waals surface area contributed by atoms with E-state index in [9.17, 15) is 9.59 Å². The third kappa shape index (κ3) is 11.2. The molecule has 1 fully saturated rings. The second kappa shape index (κ2) is 19.9. The first-order chi connectivity index (χ1) is 30.0. The summed E-state index contributed by atoms with van der Waals surface area (Å²) in [5, 5.41) is 9.70. The molecule has 5 heterocycles. The number of para-hydroxylation sites is 2. The highest BCUT2D eigenvalue weighted by atomic mass is 16.6. The number of anilines is 4. The van der Waals surface area contributed by atoms with Crippen molar-refractivity contribution in [2.45, 2.75) is 72.4 Å². The maximum Gasteiger partial charge on any atom is 0.410 e. The minimum absolute atomic E-state index is 0.167. The third-order valence-electron chi connectivity index (χ3n) is 10.7. The zero-order valence-electron chi connectivity index (χ0n) is 36.5. The van der Waals surface area contributed by atoms with E-state index in [1.807, 2.05) is 93.7 Å². The molecule has 0 radical (unpaired) electrons. The summed E-state index contributed by atoms with van der Waals surface area (Å²) in [6.07, 6.45) is 7.01. The molecule has 1 saturated heterocycles. The molecule has 5 N–H and O–H groups in total. The number of hydrogen-bond acceptors (Lipinski definition) is 11. The van der Waals surface area contributed by atoms with Crippen LogP contribution in [0.25, 0.3) is 0 Å². The SMILES string of the molecule is CCCNc1cc(C2=Nc3c(N)cccc3C2)ccn1.CCCNc1cc(C2=Nc3c(cccc3NC(=O)c3ccc(CN4CCN(C(=O)OC(C)(C)C)CC4)cc3)C2)ccn1. The van der Waals surface area contributed by atoms with Gasteiger partial charge in [-0.1, -0.05) is 50.2 Å². The van der Waals surface area contributed by atoms with Crippen molar-refractivity contribution in [3.63, 3.8) is 0 Å². The zero-order chi connectivity index (χ0) is 43.6. The number of nitrogens with two attached hydrogens (primary N) is 1. The van der Waals surface area contributed by atoms with Crippen LogP contribution in [0.1, 0.15) is 85.6 Å². The monoisotopic (exact) mass is 834 g/mol. The Labute approximate surface area is 364 Å². The molecule has 0 bridgehead atoms. The Morgan fingerprint density at radius 2 is 1.29 bits per heavy atom. The maximum absolute atomic E-state index is 13.2. The number of piperazine rings is 1. The number of amides is 2. The molecule has 3 aliphatic rings. The average Bonchev–Trinajstić information content (AvgIpc) is 3.92. The molecule has 0 unspecified atom stereocenters. The number of pyridine rings is 2. The summed E-state index contributed by atoms with van der Waals surface area (Å²) >= 11 is 0. The summed E-state index contributed by atoms with van der Waals surface area (Å²) in [5.74, 6) is 1.57. The molecule has 2 amide bonds. The number of carbonyl (C=O) groups excluding carboxylic acids is 2. The molecule has 322 valence electrons. The molecule has 2 aromatic heterocycles. The molecule has 62 heavy (non-hydrogen) atoms. The summed E-state index contributed by atoms with van der Waals surface area (Å²) in [6.45, 7) is 15.3. The van der Waals surface area contributed by atoms with Gasteiger partial charge in [0, 0.05) is 87.7 Å². The highest BCUT2D eigenvalue weighted by Gasteiger charge is 2.26. The Balaban J connectivity index is 0.000000240. The lowest BCUT2D eigenvalue weighted by Crippen LogP contribution is -2.49. The number of nitrogen functional groups attached to an aromatic ring is 1. The quantitative estimate of drug-likeness (QED) is 0.0899. The van der Waals surface area contributed by atoms with Crippen LogP contribution in [0.5, 0.6) is 0 Å². The maximum atomic E-state index is 13.2. The van der Waals surface area contributed by atoms with Crippen LogP contribution in [0.2, 0.25) is 0 Å². The van der Waals surface area contributed by atoms with E-state index in [4.69, 9.17) is 15.5 Å². The Morgan fingerprint density at radius 3 is 1.85 bits per heavy atom. The minimum atomic E-state index is -0.491. The van der Waals surface area contributed by atoms with E-state index in [2.05, 4.69) is 67.9 Å². The summed E-state index contributed by atoms with van der Waals surface area (Å²) in [5.41, 5.74) is 16.8. The van der Waals surface area contributed by atoms with E-state index < -0.39 is 5.60 Å². The fourth-order valence-electron chi connectivity index (χ4n) is 7.45. The number of benzene rings is 3. The van der Waals surface area contributed by atoms with Crippen LogP contribution < -0.4 is 21.7 Å². The van der Waals surface area contributed by atoms with Gasteiger partial charge in [-0.15, -0.1) is 0 Å². The highest BCUT2D eigenvalue weighted by molar-refractivity contribution is 6.11. The lowest BCUT2D eigenvalue weighted by Gasteiger charge is -2.35. The first-order valence-corrected chi connectivity index (χ1v) is 21.6. The van der Waals surface area contributed by atoms with Crippen LogP contribution in [0.15, 0.2) is 107 Å². The van der Waals surface area contributed by atoms with Crippen LogP contribution >= 0.6 is 0 Å². The largest absolute Gasteiger partial charge is 0.444 e. The van der Waals surface area contributed by atoms with Gasteiger partial charge in [-0.25, -0.2) is 19.8 Å². The third-order valence-corrected chi connectivity index (χ3v) is 10.7. The molecule has 0 atom stereocenters. The number of nitrogens with one attached hydrogen (secondary N) is 3. The Kier molecular flexibility index (Phi) is 13.9. The molecule has 3 aliphatic heterocycles. The van der Waals surface area contributed by atoms with Gasteiger partial charge in [0.25, 0.3) is 5.91 Å². The van der Waals surface area contributed by atoms with Gasteiger partial charge in [0.1, 0.15) is 17.2 Å². The van der Waals surface area contributed by atoms with Gasteiger partial charge in [0.2, 0.25) is 0 Å². The molecule has 3 aromatic carbocycles. The number of aliphatic imine (C=N–C) groups is 2. The van der Waals surface area contributed by atoms with E-state index in [-0.39, 0.29) is 12.0 Å². The van der Waals surface area contributed by atoms with Crippen molar-refractivity contribution in [2.75, 3.05) is 61.0 Å². The molecule has 13 nitrogen and oxygen atoms in total. The van der Waals surface area contributed by atoms with E-state index >= 15 is 0 Å². The van der Waals surface area contributed by atoms with Crippen LogP contribution in [-0.4, -0.2) is 88.1 Å². The van der Waals surface area contributed by atoms with Crippen molar-refractivity contribution in [3.8, 4) is 0 Å². The first kappa shape index (κ1) is 43.5. The molecular formula is C49H58N10O3. The summed E-state index contributed by atoms with van der Waals surface area (Å²) < 4.78 is 5.49. The van der Waals surface area contributed by atoms with E-state index in [0.29, 0.717) is 30.8 Å². The van der Waals surface area contributed by atoms with Gasteiger partial charge < -0.3 is 31.3 Å². The first-order valence-electron chi connectivity index (χ1n) is 21.6. The number of hydrogen-bond donors (Lipinski definition) is 4. The van der Waals surface area contributed by atoms with Crippen LogP contribution in [0.3, 0.4) is 0 Å². The van der Waals surface area contributed by atoms with Crippen molar-refractivity contribution in [1.29, 1.82) is 0 Å². The Hall–Kier alpha value is -6.60. The highest BCUT2D eigenvalue weighted by Crippen LogP contribution is 2.37. The van der Waals surface area contributed by atoms with Crippen LogP contribution in [0.4, 0.5) is 39.2 Å². The van der Waals surface area contributed by atoms with Gasteiger partial charge in [0.05, 0.1) is 34.2 Å². The molecule has 0 saturated carbocycles. The van der Waals surface area contributed by atoms with Crippen molar-refractivity contribution in [1.82, 2.24) is 19.8 Å². The van der Waals surface area contributed by atoms with E-state index in [1.165, 1.54) is 5.56 Å². The summed E-state index contributed by atoms with van der Waals surface area (Å²) in [6, 6.07) is 27.6. The Morgan fingerprint density at radius 1 is 0.726 bits per heavy atom. The van der Waals surface area contributed by atoms with Crippen molar-refractivity contribution >= 4 is 57.8 Å². The fraction of sp³-hybridized carbons (Fsp3) is 0.347. The number of nitrogens with zero attached hydrogens (tertiary/aromatic N) is 6. The fourth-order valence-corrected chi connectivity index (χ4v) is 7.45. The molecule has 8 rings (SSSR count). The van der Waals surface area contributed by atoms with Gasteiger partial charge in [0.15, 0.2) is 0 Å². The van der Waals surface area contributed by atoms with Gasteiger partial charge in [-0.05, 0) is 98.8 Å². The van der Waals surface area contributed by atoms with Crippen molar-refractivity contribution < 1.29 is 14.3 Å². The van der Waals surface area contributed by atoms with Crippen molar-refractivity contribution in [3.05, 3.63) is 131 Å². The van der Waals surface area contributed by atoms with Crippen LogP contribution in [-0.2, 0) is 24.1 Å². The molecule has 0 aliphatic carbocycles. The summed E-state index contributed by atoms with van der Waals surface area (Å²) in [4.78, 5) is 47.9. The minimum Gasteiger partial charge on any atom is -0.444 e.